The molecule has 0 radical (unpaired) electrons. The molecule has 1 amide bonds. The molecule has 0 spiro atoms. The molecule has 7 heteroatoms. The predicted molar refractivity (Wildman–Crippen MR) is 79.7 cm³/mol. The summed E-state index contributed by atoms with van der Waals surface area (Å²) in [4.78, 5) is 25.1. The first-order valence-electron chi connectivity index (χ1n) is 5.95. The number of aliphatic carboxylic acids is 1. The van der Waals surface area contributed by atoms with Crippen molar-refractivity contribution in [3.8, 4) is 0 Å². The summed E-state index contributed by atoms with van der Waals surface area (Å²) in [7, 11) is 1.52. The minimum absolute atomic E-state index is 0.241. The lowest BCUT2D eigenvalue weighted by molar-refractivity contribution is -0.141. The molecule has 0 aromatic heterocycles. The number of carbonyl (C=O) groups excluding carboxylic acids is 1. The summed E-state index contributed by atoms with van der Waals surface area (Å²) >= 11 is 6.64. The third kappa shape index (κ3) is 3.05. The van der Waals surface area contributed by atoms with Crippen LogP contribution in [0.5, 0.6) is 0 Å². The van der Waals surface area contributed by atoms with E-state index in [1.54, 1.807) is 18.2 Å². The van der Waals surface area contributed by atoms with Crippen LogP contribution in [0, 0.1) is 0 Å². The Bertz CT molecular complexity index is 549. The zero-order valence-corrected chi connectivity index (χ0v) is 13.8. The number of rotatable bonds is 3. The molecule has 2 unspecified atom stereocenters. The van der Waals surface area contributed by atoms with Crippen molar-refractivity contribution in [2.45, 2.75) is 18.6 Å². The van der Waals surface area contributed by atoms with Gasteiger partial charge in [0.25, 0.3) is 5.91 Å². The SMILES string of the molecule is COC1CC(C(=O)O)N(C(=O)c2ccc(Br)cc2Br)C1. The normalized spacial score (nSPS) is 22.1. The van der Waals surface area contributed by atoms with Gasteiger partial charge in [-0.25, -0.2) is 4.79 Å². The van der Waals surface area contributed by atoms with Crippen LogP contribution in [-0.2, 0) is 9.53 Å². The highest BCUT2D eigenvalue weighted by Crippen LogP contribution is 2.27. The summed E-state index contributed by atoms with van der Waals surface area (Å²) in [5.74, 6) is -1.32. The van der Waals surface area contributed by atoms with Crippen LogP contribution in [0.25, 0.3) is 0 Å². The third-order valence-electron chi connectivity index (χ3n) is 3.30. The van der Waals surface area contributed by atoms with E-state index in [0.29, 0.717) is 16.5 Å². The molecule has 1 aliphatic rings. The van der Waals surface area contributed by atoms with Gasteiger partial charge in [-0.1, -0.05) is 15.9 Å². The molecule has 0 aliphatic carbocycles. The fourth-order valence-electron chi connectivity index (χ4n) is 2.24. The Kier molecular flexibility index (Phi) is 4.82. The van der Waals surface area contributed by atoms with Gasteiger partial charge in [-0.2, -0.15) is 0 Å². The summed E-state index contributed by atoms with van der Waals surface area (Å²) in [6.45, 7) is 0.287. The van der Waals surface area contributed by atoms with E-state index in [9.17, 15) is 14.7 Å². The second-order valence-electron chi connectivity index (χ2n) is 4.53. The first-order chi connectivity index (χ1) is 9.43. The molecule has 1 fully saturated rings. The number of carbonyl (C=O) groups is 2. The molecule has 1 saturated heterocycles. The van der Waals surface area contributed by atoms with Gasteiger partial charge in [0, 0.05) is 29.0 Å². The molecule has 1 heterocycles. The van der Waals surface area contributed by atoms with Gasteiger partial charge in [-0.3, -0.25) is 4.79 Å². The van der Waals surface area contributed by atoms with Gasteiger partial charge in [-0.05, 0) is 34.1 Å². The molecular formula is C13H13Br2NO4. The van der Waals surface area contributed by atoms with E-state index in [0.717, 1.165) is 4.47 Å². The second-order valence-corrected chi connectivity index (χ2v) is 6.30. The number of hydrogen-bond acceptors (Lipinski definition) is 3. The van der Waals surface area contributed by atoms with Crippen LogP contribution in [0.4, 0.5) is 0 Å². The van der Waals surface area contributed by atoms with Gasteiger partial charge < -0.3 is 14.7 Å². The molecule has 2 atom stereocenters. The van der Waals surface area contributed by atoms with E-state index < -0.39 is 12.0 Å². The highest BCUT2D eigenvalue weighted by molar-refractivity contribution is 9.11. The highest BCUT2D eigenvalue weighted by Gasteiger charge is 2.40. The maximum absolute atomic E-state index is 12.5. The molecular weight excluding hydrogens is 394 g/mol. The van der Waals surface area contributed by atoms with E-state index in [1.807, 2.05) is 0 Å². The Hall–Kier alpha value is -0.920. The molecule has 0 bridgehead atoms. The molecule has 108 valence electrons. The van der Waals surface area contributed by atoms with Crippen molar-refractivity contribution in [2.24, 2.45) is 0 Å². The monoisotopic (exact) mass is 405 g/mol. The standard InChI is InChI=1S/C13H13Br2NO4/c1-20-8-5-11(13(18)19)16(6-8)12(17)9-3-2-7(14)4-10(9)15/h2-4,8,11H,5-6H2,1H3,(H,18,19). The van der Waals surface area contributed by atoms with Crippen molar-refractivity contribution in [2.75, 3.05) is 13.7 Å². The second kappa shape index (κ2) is 6.24. The maximum atomic E-state index is 12.5. The van der Waals surface area contributed by atoms with Crippen LogP contribution >= 0.6 is 31.9 Å². The number of ether oxygens (including phenoxy) is 1. The van der Waals surface area contributed by atoms with E-state index in [-0.39, 0.29) is 18.6 Å². The lowest BCUT2D eigenvalue weighted by atomic mass is 10.1. The number of amides is 1. The zero-order valence-electron chi connectivity index (χ0n) is 10.7. The molecule has 0 saturated carbocycles. The molecule has 1 aliphatic heterocycles. The van der Waals surface area contributed by atoms with Gasteiger partial charge in [-0.15, -0.1) is 0 Å². The van der Waals surface area contributed by atoms with Gasteiger partial charge in [0.2, 0.25) is 0 Å². The Morgan fingerprint density at radius 2 is 2.10 bits per heavy atom. The molecule has 5 nitrogen and oxygen atoms in total. The van der Waals surface area contributed by atoms with Crippen LogP contribution in [0.3, 0.4) is 0 Å². The smallest absolute Gasteiger partial charge is 0.326 e. The average Bonchev–Trinajstić information content (AvgIpc) is 2.82. The Morgan fingerprint density at radius 1 is 1.40 bits per heavy atom. The van der Waals surface area contributed by atoms with Crippen LogP contribution in [0.2, 0.25) is 0 Å². The lowest BCUT2D eigenvalue weighted by Crippen LogP contribution is -2.40. The fraction of sp³-hybridized carbons (Fsp3) is 0.385. The summed E-state index contributed by atoms with van der Waals surface area (Å²) in [5, 5.41) is 9.24. The van der Waals surface area contributed by atoms with Crippen LogP contribution in [0.1, 0.15) is 16.8 Å². The minimum atomic E-state index is -1.01. The highest BCUT2D eigenvalue weighted by atomic mass is 79.9. The number of benzene rings is 1. The van der Waals surface area contributed by atoms with Gasteiger partial charge >= 0.3 is 5.97 Å². The summed E-state index contributed by atoms with van der Waals surface area (Å²) in [5.41, 5.74) is 0.441. The topological polar surface area (TPSA) is 66.8 Å². The largest absolute Gasteiger partial charge is 0.480 e. The molecule has 1 N–H and O–H groups in total. The fourth-order valence-corrected chi connectivity index (χ4v) is 3.46. The van der Waals surface area contributed by atoms with Crippen molar-refractivity contribution in [3.05, 3.63) is 32.7 Å². The van der Waals surface area contributed by atoms with Crippen LogP contribution in [-0.4, -0.2) is 47.7 Å². The van der Waals surface area contributed by atoms with Crippen molar-refractivity contribution in [3.63, 3.8) is 0 Å². The van der Waals surface area contributed by atoms with Gasteiger partial charge in [0.15, 0.2) is 0 Å². The van der Waals surface area contributed by atoms with Gasteiger partial charge in [0.05, 0.1) is 11.7 Å². The minimum Gasteiger partial charge on any atom is -0.480 e. The van der Waals surface area contributed by atoms with Gasteiger partial charge in [0.1, 0.15) is 6.04 Å². The summed E-state index contributed by atoms with van der Waals surface area (Å²) in [6.07, 6.45) is 0.0698. The lowest BCUT2D eigenvalue weighted by Gasteiger charge is -2.21. The Morgan fingerprint density at radius 3 is 2.65 bits per heavy atom. The first-order valence-corrected chi connectivity index (χ1v) is 7.54. The molecule has 2 rings (SSSR count). The number of hydrogen-bond donors (Lipinski definition) is 1. The zero-order chi connectivity index (χ0) is 14.9. The first kappa shape index (κ1) is 15.5. The third-order valence-corrected chi connectivity index (χ3v) is 4.45. The number of carboxylic acid groups (broad SMARTS) is 1. The number of halogens is 2. The van der Waals surface area contributed by atoms with E-state index in [2.05, 4.69) is 31.9 Å². The predicted octanol–water partition coefficient (Wildman–Crippen LogP) is 2.53. The number of nitrogens with zero attached hydrogens (tertiary/aromatic N) is 1. The number of likely N-dealkylation sites (tertiary alicyclic amines) is 1. The van der Waals surface area contributed by atoms with E-state index in [1.165, 1.54) is 12.0 Å². The maximum Gasteiger partial charge on any atom is 0.326 e. The van der Waals surface area contributed by atoms with Crippen LogP contribution < -0.4 is 0 Å². The average molecular weight is 407 g/mol. The Balaban J connectivity index is 2.29. The Labute approximate surface area is 133 Å². The number of carboxylic acids is 1. The summed E-state index contributed by atoms with van der Waals surface area (Å²) < 4.78 is 6.65. The van der Waals surface area contributed by atoms with Crippen molar-refractivity contribution >= 4 is 43.7 Å². The van der Waals surface area contributed by atoms with Crippen LogP contribution in [0.15, 0.2) is 27.1 Å². The van der Waals surface area contributed by atoms with E-state index >= 15 is 0 Å². The van der Waals surface area contributed by atoms with Crippen molar-refractivity contribution < 1.29 is 19.4 Å². The number of methoxy groups -OCH3 is 1. The van der Waals surface area contributed by atoms with Crippen molar-refractivity contribution in [1.82, 2.24) is 4.90 Å². The molecule has 1 aromatic rings. The van der Waals surface area contributed by atoms with Crippen molar-refractivity contribution in [1.29, 1.82) is 0 Å². The quantitative estimate of drug-likeness (QED) is 0.837. The molecule has 20 heavy (non-hydrogen) atoms. The van der Waals surface area contributed by atoms with E-state index in [4.69, 9.17) is 4.74 Å². The molecule has 1 aromatic carbocycles. The summed E-state index contributed by atoms with van der Waals surface area (Å²) in [6, 6.07) is 4.32.